The Morgan fingerprint density at radius 1 is 1.26 bits per heavy atom. The smallest absolute Gasteiger partial charge is 0.366 e. The normalized spacial score (nSPS) is 13.2. The summed E-state index contributed by atoms with van der Waals surface area (Å²) >= 11 is 0. The zero-order valence-electron chi connectivity index (χ0n) is 11.8. The Balaban J connectivity index is 1.93. The molecule has 0 unspecified atom stereocenters. The molecule has 0 atom stereocenters. The molecule has 0 fully saturated rings. The average Bonchev–Trinajstić information content (AvgIpc) is 2.57. The molecule has 1 aliphatic heterocycles. The third kappa shape index (κ3) is 2.86. The van der Waals surface area contributed by atoms with Crippen molar-refractivity contribution in [3.05, 3.63) is 58.1 Å². The van der Waals surface area contributed by atoms with Gasteiger partial charge in [-0.25, -0.2) is 0 Å². The van der Waals surface area contributed by atoms with Gasteiger partial charge in [-0.3, -0.25) is 14.5 Å². The van der Waals surface area contributed by atoms with Gasteiger partial charge >= 0.3 is 5.82 Å². The zero-order chi connectivity index (χ0) is 16.4. The number of nitro groups is 1. The fraction of sp³-hybridized carbons (Fsp3) is 0.133. The molecule has 1 aromatic heterocycles. The van der Waals surface area contributed by atoms with Crippen molar-refractivity contribution in [2.24, 2.45) is 0 Å². The van der Waals surface area contributed by atoms with E-state index in [1.807, 2.05) is 0 Å². The molecule has 1 aliphatic rings. The first-order valence-corrected chi connectivity index (χ1v) is 6.73. The van der Waals surface area contributed by atoms with E-state index in [1.54, 1.807) is 30.3 Å². The lowest BCUT2D eigenvalue weighted by Crippen LogP contribution is -2.42. The van der Waals surface area contributed by atoms with E-state index in [2.05, 4.69) is 4.98 Å². The second-order valence-corrected chi connectivity index (χ2v) is 4.81. The second-order valence-electron chi connectivity index (χ2n) is 4.81. The van der Waals surface area contributed by atoms with Crippen molar-refractivity contribution in [1.82, 2.24) is 4.98 Å². The van der Waals surface area contributed by atoms with E-state index in [4.69, 9.17) is 4.74 Å². The number of carbonyl (C=O) groups is 2. The van der Waals surface area contributed by atoms with Crippen LogP contribution in [-0.4, -0.2) is 34.7 Å². The number of hydrogen-bond acceptors (Lipinski definition) is 6. The van der Waals surface area contributed by atoms with Crippen LogP contribution in [0.4, 0.5) is 11.6 Å². The molecule has 0 saturated carbocycles. The molecule has 2 aromatic rings. The Morgan fingerprint density at radius 3 is 2.70 bits per heavy atom. The summed E-state index contributed by atoms with van der Waals surface area (Å²) in [6, 6.07) is 11.0. The summed E-state index contributed by atoms with van der Waals surface area (Å²) in [5.41, 5.74) is 0.443. The molecule has 0 aliphatic carbocycles. The highest BCUT2D eigenvalue weighted by molar-refractivity contribution is 6.06. The number of Topliss-reactive ketones (excluding diaryl/α,β-unsaturated/α-hetero) is 1. The molecule has 0 bridgehead atoms. The topological polar surface area (TPSA) is 103 Å². The number of fused-ring (bicyclic) bond motifs is 1. The second kappa shape index (κ2) is 5.84. The van der Waals surface area contributed by atoms with Gasteiger partial charge in [0.25, 0.3) is 11.7 Å². The van der Waals surface area contributed by atoms with E-state index < -0.39 is 16.6 Å². The Morgan fingerprint density at radius 2 is 2.00 bits per heavy atom. The monoisotopic (exact) mass is 313 g/mol. The number of aromatic nitrogens is 1. The van der Waals surface area contributed by atoms with Crippen molar-refractivity contribution in [2.75, 3.05) is 18.1 Å². The van der Waals surface area contributed by atoms with Crippen LogP contribution in [0.2, 0.25) is 0 Å². The third-order valence-corrected chi connectivity index (χ3v) is 3.32. The van der Waals surface area contributed by atoms with Crippen molar-refractivity contribution in [3.8, 4) is 5.75 Å². The van der Waals surface area contributed by atoms with Crippen LogP contribution < -0.4 is 9.64 Å². The van der Waals surface area contributed by atoms with E-state index >= 15 is 0 Å². The number of benzene rings is 1. The predicted octanol–water partition coefficient (Wildman–Crippen LogP) is 1.60. The van der Waals surface area contributed by atoms with E-state index in [9.17, 15) is 19.7 Å². The van der Waals surface area contributed by atoms with Crippen LogP contribution in [0.5, 0.6) is 5.75 Å². The van der Waals surface area contributed by atoms with Gasteiger partial charge in [0.05, 0.1) is 6.54 Å². The third-order valence-electron chi connectivity index (χ3n) is 3.32. The fourth-order valence-corrected chi connectivity index (χ4v) is 2.19. The van der Waals surface area contributed by atoms with Crippen molar-refractivity contribution in [2.45, 2.75) is 0 Å². The number of nitrogens with zero attached hydrogens (tertiary/aromatic N) is 3. The summed E-state index contributed by atoms with van der Waals surface area (Å²) in [4.78, 5) is 39.4. The quantitative estimate of drug-likeness (QED) is 0.482. The summed E-state index contributed by atoms with van der Waals surface area (Å²) in [6.07, 6.45) is 0. The minimum absolute atomic E-state index is 0.0141. The van der Waals surface area contributed by atoms with Gasteiger partial charge < -0.3 is 14.9 Å². The van der Waals surface area contributed by atoms with E-state index in [0.717, 1.165) is 4.90 Å². The Kier molecular flexibility index (Phi) is 3.71. The van der Waals surface area contributed by atoms with Crippen LogP contribution in [0.3, 0.4) is 0 Å². The minimum Gasteiger partial charge on any atom is -0.477 e. The largest absolute Gasteiger partial charge is 0.477 e. The molecule has 116 valence electrons. The first-order chi connectivity index (χ1) is 11.1. The maximum Gasteiger partial charge on any atom is 0.366 e. The molecule has 8 heteroatoms. The molecule has 0 saturated heterocycles. The first-order valence-electron chi connectivity index (χ1n) is 6.73. The summed E-state index contributed by atoms with van der Waals surface area (Å²) in [5.74, 6) is -0.968. The van der Waals surface area contributed by atoms with Crippen LogP contribution in [-0.2, 0) is 4.79 Å². The lowest BCUT2D eigenvalue weighted by atomic mass is 10.1. The van der Waals surface area contributed by atoms with Crippen molar-refractivity contribution in [3.63, 3.8) is 0 Å². The van der Waals surface area contributed by atoms with E-state index in [-0.39, 0.29) is 30.5 Å². The average molecular weight is 313 g/mol. The lowest BCUT2D eigenvalue weighted by molar-refractivity contribution is -0.389. The highest BCUT2D eigenvalue weighted by atomic mass is 16.6. The van der Waals surface area contributed by atoms with Gasteiger partial charge in [-0.05, 0) is 16.0 Å². The van der Waals surface area contributed by atoms with Gasteiger partial charge in [-0.2, -0.15) is 0 Å². The molecule has 1 amide bonds. The van der Waals surface area contributed by atoms with Crippen LogP contribution in [0, 0.1) is 10.1 Å². The van der Waals surface area contributed by atoms with Crippen molar-refractivity contribution >= 4 is 23.3 Å². The van der Waals surface area contributed by atoms with Crippen LogP contribution >= 0.6 is 0 Å². The number of ketones is 1. The standard InChI is InChI=1S/C15H11N3O5/c19-11(10-4-2-1-3-5-10)8-17-14(20)9-23-12-6-7-13(18(21)22)16-15(12)17/h1-7H,8-9H2. The summed E-state index contributed by atoms with van der Waals surface area (Å²) in [6.45, 7) is -0.498. The molecule has 0 radical (unpaired) electrons. The van der Waals surface area contributed by atoms with Gasteiger partial charge in [0, 0.05) is 11.6 Å². The van der Waals surface area contributed by atoms with Crippen LogP contribution in [0.1, 0.15) is 10.4 Å². The maximum absolute atomic E-state index is 12.3. The van der Waals surface area contributed by atoms with Crippen LogP contribution in [0.15, 0.2) is 42.5 Å². The van der Waals surface area contributed by atoms with Crippen LogP contribution in [0.25, 0.3) is 0 Å². The lowest BCUT2D eigenvalue weighted by Gasteiger charge is -2.24. The van der Waals surface area contributed by atoms with Crippen molar-refractivity contribution < 1.29 is 19.2 Å². The van der Waals surface area contributed by atoms with Crippen molar-refractivity contribution in [1.29, 1.82) is 0 Å². The summed E-state index contributed by atoms with van der Waals surface area (Å²) in [5, 5.41) is 10.9. The molecule has 1 aromatic carbocycles. The Labute approximate surface area is 130 Å². The number of pyridine rings is 1. The molecule has 8 nitrogen and oxygen atoms in total. The number of ether oxygens (including phenoxy) is 1. The minimum atomic E-state index is -0.670. The predicted molar refractivity (Wildman–Crippen MR) is 79.5 cm³/mol. The molecule has 23 heavy (non-hydrogen) atoms. The highest BCUT2D eigenvalue weighted by Gasteiger charge is 2.33. The summed E-state index contributed by atoms with van der Waals surface area (Å²) < 4.78 is 5.20. The fourth-order valence-electron chi connectivity index (χ4n) is 2.19. The summed E-state index contributed by atoms with van der Waals surface area (Å²) in [7, 11) is 0. The number of hydrogen-bond donors (Lipinski definition) is 0. The molecule has 0 spiro atoms. The Bertz CT molecular complexity index is 791. The van der Waals surface area contributed by atoms with E-state index in [0.29, 0.717) is 5.56 Å². The molecule has 3 rings (SSSR count). The molecule has 0 N–H and O–H groups in total. The highest BCUT2D eigenvalue weighted by Crippen LogP contribution is 2.32. The van der Waals surface area contributed by atoms with Gasteiger partial charge in [0.1, 0.15) is 0 Å². The zero-order valence-corrected chi connectivity index (χ0v) is 11.8. The van der Waals surface area contributed by atoms with Gasteiger partial charge in [0.15, 0.2) is 18.1 Å². The number of carbonyl (C=O) groups excluding carboxylic acids is 2. The van der Waals surface area contributed by atoms with E-state index in [1.165, 1.54) is 12.1 Å². The number of rotatable bonds is 4. The SMILES string of the molecule is O=C(CN1C(=O)COc2ccc([N+](=O)[O-])nc21)c1ccccc1. The van der Waals surface area contributed by atoms with Gasteiger partial charge in [0.2, 0.25) is 0 Å². The molecular formula is C15H11N3O5. The maximum atomic E-state index is 12.3. The Hall–Kier alpha value is -3.29. The molecular weight excluding hydrogens is 302 g/mol. The van der Waals surface area contributed by atoms with Gasteiger partial charge in [-0.1, -0.05) is 30.3 Å². The number of amides is 1. The molecule has 2 heterocycles. The first kappa shape index (κ1) is 14.6. The number of anilines is 1. The van der Waals surface area contributed by atoms with Gasteiger partial charge in [-0.15, -0.1) is 0 Å².